The summed E-state index contributed by atoms with van der Waals surface area (Å²) in [5, 5.41) is 0. The van der Waals surface area contributed by atoms with Crippen LogP contribution in [0.25, 0.3) is 0 Å². The van der Waals surface area contributed by atoms with Crippen molar-refractivity contribution in [2.75, 3.05) is 6.61 Å². The number of rotatable bonds is 5. The van der Waals surface area contributed by atoms with Crippen molar-refractivity contribution in [3.63, 3.8) is 0 Å². The highest BCUT2D eigenvalue weighted by Gasteiger charge is 2.18. The zero-order chi connectivity index (χ0) is 7.11. The summed E-state index contributed by atoms with van der Waals surface area (Å²) < 4.78 is 19.1. The fourth-order valence-corrected chi connectivity index (χ4v) is 0.830. The van der Waals surface area contributed by atoms with Gasteiger partial charge in [0.15, 0.2) is 0 Å². The van der Waals surface area contributed by atoms with Gasteiger partial charge in [0.05, 0.1) is 0 Å². The minimum Gasteiger partial charge on any atom is -0.118 e. The molecule has 4 nitrogen and oxygen atoms in total. The lowest BCUT2D eigenvalue weighted by atomic mass is 10.5. The maximum absolute atomic E-state index is 10.4. The summed E-state index contributed by atoms with van der Waals surface area (Å²) in [4.78, 5) is 1.74. The third-order valence-corrected chi connectivity index (χ3v) is 1.33. The Morgan fingerprint density at radius 2 is 2.44 bits per heavy atom. The summed E-state index contributed by atoms with van der Waals surface area (Å²) in [5.74, 6) is 0. The summed E-state index contributed by atoms with van der Waals surface area (Å²) in [6, 6.07) is 0. The van der Waals surface area contributed by atoms with Crippen molar-refractivity contribution in [2.45, 2.75) is 13.3 Å². The number of hydrogen-bond acceptors (Lipinski definition) is 4. The van der Waals surface area contributed by atoms with Gasteiger partial charge in [0, 0.05) is 16.3 Å². The van der Waals surface area contributed by atoms with Gasteiger partial charge in [0.25, 0.3) is 0 Å². The van der Waals surface area contributed by atoms with Gasteiger partial charge in [0.1, 0.15) is 6.61 Å². The molecule has 0 aliphatic carbocycles. The molecule has 6 heteroatoms. The number of nitrogens with one attached hydrogen (secondary N) is 1. The summed E-state index contributed by atoms with van der Waals surface area (Å²) >= 11 is 4.84. The number of hydrogen-bond donors (Lipinski definition) is 1. The molecule has 0 aromatic carbocycles. The van der Waals surface area contributed by atoms with Crippen LogP contribution in [-0.2, 0) is 13.7 Å². The molecule has 0 radical (unpaired) electrons. The van der Waals surface area contributed by atoms with Crippen LogP contribution in [0.15, 0.2) is 0 Å². The Hall–Kier alpha value is 0.270. The van der Waals surface area contributed by atoms with Crippen LogP contribution in [0.3, 0.4) is 0 Å². The monoisotopic (exact) mass is 172 g/mol. The Labute approximate surface area is 59.5 Å². The fourth-order valence-electron chi connectivity index (χ4n) is 0.220. The molecule has 0 spiro atoms. The lowest BCUT2D eigenvalue weighted by Crippen LogP contribution is -1.93. The molecule has 0 heterocycles. The van der Waals surface area contributed by atoms with Gasteiger partial charge in [-0.25, -0.2) is 0 Å². The highest BCUT2D eigenvalue weighted by molar-refractivity contribution is 7.33. The van der Waals surface area contributed by atoms with E-state index in [4.69, 9.17) is 11.8 Å². The second-order valence-electron chi connectivity index (χ2n) is 1.23. The summed E-state index contributed by atoms with van der Waals surface area (Å²) in [6.07, 6.45) is 0.798. The zero-order valence-electron chi connectivity index (χ0n) is 4.96. The van der Waals surface area contributed by atoms with E-state index in [2.05, 4.69) is 9.15 Å². The SMILES string of the molecule is CCCO[P+](=O)ONCl. The molecule has 54 valence electrons. The molecule has 1 N–H and O–H groups in total. The molecule has 1 atom stereocenters. The summed E-state index contributed by atoms with van der Waals surface area (Å²) in [7, 11) is -2.08. The van der Waals surface area contributed by atoms with Gasteiger partial charge >= 0.3 is 8.25 Å². The van der Waals surface area contributed by atoms with Crippen molar-refractivity contribution in [3.8, 4) is 0 Å². The van der Waals surface area contributed by atoms with E-state index in [-0.39, 0.29) is 0 Å². The first kappa shape index (κ1) is 9.27. The largest absolute Gasteiger partial charge is 0.717 e. The Morgan fingerprint density at radius 1 is 1.78 bits per heavy atom. The van der Waals surface area contributed by atoms with Gasteiger partial charge in [-0.3, -0.25) is 0 Å². The molecular formula is C3H8ClNO3P+. The molecule has 1 unspecified atom stereocenters. The highest BCUT2D eigenvalue weighted by atomic mass is 35.5. The maximum Gasteiger partial charge on any atom is 0.717 e. The predicted molar refractivity (Wildman–Crippen MR) is 33.9 cm³/mol. The van der Waals surface area contributed by atoms with Crippen molar-refractivity contribution < 1.29 is 13.7 Å². The first-order chi connectivity index (χ1) is 4.31. The van der Waals surface area contributed by atoms with E-state index in [1.807, 2.05) is 6.92 Å². The van der Waals surface area contributed by atoms with E-state index >= 15 is 0 Å². The average molecular weight is 173 g/mol. The van der Waals surface area contributed by atoms with Crippen LogP contribution >= 0.6 is 20.0 Å². The predicted octanol–water partition coefficient (Wildman–Crippen LogP) is 1.75. The Morgan fingerprint density at radius 3 is 2.89 bits per heavy atom. The first-order valence-electron chi connectivity index (χ1n) is 2.44. The molecule has 0 aromatic rings. The minimum atomic E-state index is -2.08. The van der Waals surface area contributed by atoms with Crippen molar-refractivity contribution in [1.29, 1.82) is 0 Å². The molecular weight excluding hydrogens is 164 g/mol. The summed E-state index contributed by atoms with van der Waals surface area (Å²) in [6.45, 7) is 2.31. The lowest BCUT2D eigenvalue weighted by molar-refractivity contribution is 0.204. The smallest absolute Gasteiger partial charge is 0.118 e. The molecule has 0 amide bonds. The molecule has 0 aliphatic rings. The van der Waals surface area contributed by atoms with Crippen LogP contribution < -0.4 is 5.00 Å². The third kappa shape index (κ3) is 6.15. The van der Waals surface area contributed by atoms with Gasteiger partial charge < -0.3 is 0 Å². The van der Waals surface area contributed by atoms with Crippen LogP contribution in [0.2, 0.25) is 0 Å². The molecule has 0 bridgehead atoms. The molecule has 0 saturated carbocycles. The van der Waals surface area contributed by atoms with Crippen LogP contribution in [0.5, 0.6) is 0 Å². The van der Waals surface area contributed by atoms with Crippen molar-refractivity contribution in [3.05, 3.63) is 0 Å². The maximum atomic E-state index is 10.4. The lowest BCUT2D eigenvalue weighted by Gasteiger charge is -1.82. The average Bonchev–Trinajstić information content (AvgIpc) is 1.85. The fraction of sp³-hybridized carbons (Fsp3) is 1.00. The first-order valence-corrected chi connectivity index (χ1v) is 3.91. The van der Waals surface area contributed by atoms with E-state index in [1.165, 1.54) is 0 Å². The molecule has 0 saturated heterocycles. The quantitative estimate of drug-likeness (QED) is 0.390. The minimum absolute atomic E-state index is 0.410. The van der Waals surface area contributed by atoms with E-state index in [1.54, 1.807) is 5.00 Å². The van der Waals surface area contributed by atoms with Crippen LogP contribution in [0, 0.1) is 0 Å². The van der Waals surface area contributed by atoms with E-state index < -0.39 is 8.25 Å². The standard InChI is InChI=1S/C3H8ClNO3P/c1-2-3-7-9(6)8-5-4/h5H,2-3H2,1H3/q+1. The normalized spacial score (nSPS) is 11.6. The Bertz CT molecular complexity index is 91.1. The number of halogens is 1. The molecule has 0 aromatic heterocycles. The van der Waals surface area contributed by atoms with Gasteiger partial charge in [-0.05, 0) is 11.0 Å². The molecule has 0 rings (SSSR count). The zero-order valence-corrected chi connectivity index (χ0v) is 6.61. The van der Waals surface area contributed by atoms with Gasteiger partial charge in [-0.2, -0.15) is 0 Å². The Balaban J connectivity index is 3.06. The van der Waals surface area contributed by atoms with Gasteiger partial charge in [-0.1, -0.05) is 11.9 Å². The van der Waals surface area contributed by atoms with Gasteiger partial charge in [-0.15, -0.1) is 4.52 Å². The molecule has 9 heavy (non-hydrogen) atoms. The van der Waals surface area contributed by atoms with Crippen LogP contribution in [-0.4, -0.2) is 6.61 Å². The van der Waals surface area contributed by atoms with Gasteiger partial charge in [0.2, 0.25) is 0 Å². The van der Waals surface area contributed by atoms with Crippen LogP contribution in [0.4, 0.5) is 0 Å². The van der Waals surface area contributed by atoms with E-state index in [0.29, 0.717) is 6.61 Å². The second kappa shape index (κ2) is 6.39. The third-order valence-electron chi connectivity index (χ3n) is 0.510. The topological polar surface area (TPSA) is 47.6 Å². The molecule has 0 fully saturated rings. The van der Waals surface area contributed by atoms with Crippen molar-refractivity contribution >= 4 is 20.0 Å². The van der Waals surface area contributed by atoms with E-state index in [9.17, 15) is 4.57 Å². The van der Waals surface area contributed by atoms with Crippen molar-refractivity contribution in [1.82, 2.24) is 5.00 Å². The summed E-state index contributed by atoms with van der Waals surface area (Å²) in [5.41, 5.74) is 0. The highest BCUT2D eigenvalue weighted by Crippen LogP contribution is 2.21. The van der Waals surface area contributed by atoms with E-state index in [0.717, 1.165) is 6.42 Å². The second-order valence-corrected chi connectivity index (χ2v) is 2.27. The molecule has 0 aliphatic heterocycles. The Kier molecular flexibility index (Phi) is 6.58. The van der Waals surface area contributed by atoms with Crippen LogP contribution in [0.1, 0.15) is 13.3 Å². The van der Waals surface area contributed by atoms with Crippen molar-refractivity contribution in [2.24, 2.45) is 0 Å².